The highest BCUT2D eigenvalue weighted by molar-refractivity contribution is 7.10. The lowest BCUT2D eigenvalue weighted by Crippen LogP contribution is -2.26. The second kappa shape index (κ2) is 4.71. The summed E-state index contributed by atoms with van der Waals surface area (Å²) in [7, 11) is 0. The third-order valence-corrected chi connectivity index (χ3v) is 3.63. The first-order valence-electron chi connectivity index (χ1n) is 5.36. The molecule has 1 atom stereocenters. The molecule has 0 unspecified atom stereocenters. The molecule has 2 heterocycles. The van der Waals surface area contributed by atoms with Crippen LogP contribution in [0.3, 0.4) is 0 Å². The van der Waals surface area contributed by atoms with Gasteiger partial charge in [-0.15, -0.1) is 11.3 Å². The monoisotopic (exact) mass is 250 g/mol. The van der Waals surface area contributed by atoms with Crippen LogP contribution in [0.15, 0.2) is 22.0 Å². The Kier molecular flexibility index (Phi) is 3.28. The lowest BCUT2D eigenvalue weighted by atomic mass is 10.1. The predicted molar refractivity (Wildman–Crippen MR) is 66.2 cm³/mol. The van der Waals surface area contributed by atoms with Gasteiger partial charge in [0.2, 0.25) is 0 Å². The summed E-state index contributed by atoms with van der Waals surface area (Å²) in [4.78, 5) is 13.2. The van der Waals surface area contributed by atoms with Crippen LogP contribution in [0.4, 0.5) is 0 Å². The Morgan fingerprint density at radius 2 is 2.29 bits per heavy atom. The Bertz CT molecular complexity index is 497. The van der Waals surface area contributed by atoms with Gasteiger partial charge in [-0.2, -0.15) is 0 Å². The molecule has 5 heteroatoms. The Morgan fingerprint density at radius 1 is 1.53 bits per heavy atom. The zero-order valence-electron chi connectivity index (χ0n) is 9.98. The van der Waals surface area contributed by atoms with Gasteiger partial charge in [0.05, 0.1) is 11.7 Å². The van der Waals surface area contributed by atoms with Crippen LogP contribution in [0, 0.1) is 13.8 Å². The molecule has 0 fully saturated rings. The summed E-state index contributed by atoms with van der Waals surface area (Å²) >= 11 is 1.62. The minimum atomic E-state index is -0.137. The first-order valence-corrected chi connectivity index (χ1v) is 6.24. The van der Waals surface area contributed by atoms with Crippen LogP contribution in [0.2, 0.25) is 0 Å². The van der Waals surface area contributed by atoms with Gasteiger partial charge in [-0.25, -0.2) is 0 Å². The van der Waals surface area contributed by atoms with Gasteiger partial charge in [0, 0.05) is 4.88 Å². The number of rotatable bonds is 3. The zero-order valence-corrected chi connectivity index (χ0v) is 10.8. The quantitative estimate of drug-likeness (QED) is 0.911. The van der Waals surface area contributed by atoms with Crippen molar-refractivity contribution in [2.45, 2.75) is 26.8 Å². The molecule has 2 aromatic heterocycles. The highest BCUT2D eigenvalue weighted by atomic mass is 32.1. The van der Waals surface area contributed by atoms with Crippen molar-refractivity contribution in [3.63, 3.8) is 0 Å². The SMILES string of the molecule is Cc1noc(C)c1C(=O)N[C@@H](C)c1cccs1. The summed E-state index contributed by atoms with van der Waals surface area (Å²) < 4.78 is 4.98. The van der Waals surface area contributed by atoms with Gasteiger partial charge in [-0.3, -0.25) is 4.79 Å². The normalized spacial score (nSPS) is 12.4. The van der Waals surface area contributed by atoms with Crippen LogP contribution in [-0.4, -0.2) is 11.1 Å². The molecule has 2 rings (SSSR count). The van der Waals surface area contributed by atoms with Gasteiger partial charge in [0.1, 0.15) is 11.3 Å². The number of carbonyl (C=O) groups is 1. The van der Waals surface area contributed by atoms with Gasteiger partial charge in [-0.05, 0) is 32.2 Å². The van der Waals surface area contributed by atoms with E-state index in [-0.39, 0.29) is 11.9 Å². The summed E-state index contributed by atoms with van der Waals surface area (Å²) in [6.07, 6.45) is 0. The number of hydrogen-bond acceptors (Lipinski definition) is 4. The molecule has 0 aromatic carbocycles. The molecular formula is C12H14N2O2S. The van der Waals surface area contributed by atoms with Crippen molar-refractivity contribution < 1.29 is 9.32 Å². The molecule has 17 heavy (non-hydrogen) atoms. The van der Waals surface area contributed by atoms with Gasteiger partial charge >= 0.3 is 0 Å². The minimum Gasteiger partial charge on any atom is -0.361 e. The lowest BCUT2D eigenvalue weighted by molar-refractivity contribution is 0.0938. The fraction of sp³-hybridized carbons (Fsp3) is 0.333. The van der Waals surface area contributed by atoms with Crippen LogP contribution in [0.25, 0.3) is 0 Å². The van der Waals surface area contributed by atoms with E-state index in [0.29, 0.717) is 17.0 Å². The average Bonchev–Trinajstić information content (AvgIpc) is 2.88. The molecule has 2 aromatic rings. The highest BCUT2D eigenvalue weighted by Crippen LogP contribution is 2.20. The largest absolute Gasteiger partial charge is 0.361 e. The summed E-state index contributed by atoms with van der Waals surface area (Å²) in [6, 6.07) is 3.97. The lowest BCUT2D eigenvalue weighted by Gasteiger charge is -2.11. The van der Waals surface area contributed by atoms with E-state index in [1.54, 1.807) is 25.2 Å². The summed E-state index contributed by atoms with van der Waals surface area (Å²) in [5.41, 5.74) is 1.16. The number of nitrogens with zero attached hydrogens (tertiary/aromatic N) is 1. The van der Waals surface area contributed by atoms with Gasteiger partial charge < -0.3 is 9.84 Å². The summed E-state index contributed by atoms with van der Waals surface area (Å²) in [5.74, 6) is 0.417. The van der Waals surface area contributed by atoms with Gasteiger partial charge in [0.25, 0.3) is 5.91 Å². The second-order valence-corrected chi connectivity index (χ2v) is 4.89. The van der Waals surface area contributed by atoms with Crippen molar-refractivity contribution in [2.24, 2.45) is 0 Å². The highest BCUT2D eigenvalue weighted by Gasteiger charge is 2.19. The second-order valence-electron chi connectivity index (χ2n) is 3.91. The molecule has 0 spiro atoms. The maximum Gasteiger partial charge on any atom is 0.257 e. The van der Waals surface area contributed by atoms with Crippen molar-refractivity contribution >= 4 is 17.2 Å². The smallest absolute Gasteiger partial charge is 0.257 e. The van der Waals surface area contributed by atoms with Crippen molar-refractivity contribution in [3.8, 4) is 0 Å². The number of aromatic nitrogens is 1. The number of amides is 1. The third kappa shape index (κ3) is 2.39. The zero-order chi connectivity index (χ0) is 12.4. The molecular weight excluding hydrogens is 236 g/mol. The van der Waals surface area contributed by atoms with Crippen LogP contribution in [0.5, 0.6) is 0 Å². The van der Waals surface area contributed by atoms with E-state index in [1.165, 1.54) is 0 Å². The molecule has 0 aliphatic rings. The number of carbonyl (C=O) groups excluding carboxylic acids is 1. The van der Waals surface area contributed by atoms with E-state index in [4.69, 9.17) is 4.52 Å². The first kappa shape index (κ1) is 11.9. The van der Waals surface area contributed by atoms with E-state index in [1.807, 2.05) is 24.4 Å². The Labute approximate surface area is 104 Å². The molecule has 0 aliphatic carbocycles. The van der Waals surface area contributed by atoms with Gasteiger partial charge in [-0.1, -0.05) is 11.2 Å². The van der Waals surface area contributed by atoms with Crippen LogP contribution >= 0.6 is 11.3 Å². The van der Waals surface area contributed by atoms with E-state index < -0.39 is 0 Å². The third-order valence-electron chi connectivity index (χ3n) is 2.58. The average molecular weight is 250 g/mol. The van der Waals surface area contributed by atoms with Crippen molar-refractivity contribution in [1.82, 2.24) is 10.5 Å². The molecule has 0 saturated carbocycles. The van der Waals surface area contributed by atoms with Gasteiger partial charge in [0.15, 0.2) is 0 Å². The number of hydrogen-bond donors (Lipinski definition) is 1. The van der Waals surface area contributed by atoms with Crippen LogP contribution in [-0.2, 0) is 0 Å². The minimum absolute atomic E-state index is 0.00352. The van der Waals surface area contributed by atoms with Crippen molar-refractivity contribution in [1.29, 1.82) is 0 Å². The van der Waals surface area contributed by atoms with Crippen LogP contribution in [0.1, 0.15) is 39.7 Å². The molecule has 4 nitrogen and oxygen atoms in total. The predicted octanol–water partition coefficient (Wildman–Crippen LogP) is 2.84. The maximum atomic E-state index is 12.0. The number of nitrogens with one attached hydrogen (secondary N) is 1. The standard InChI is InChI=1S/C12H14N2O2S/c1-7(10-5-4-6-17-10)13-12(15)11-8(2)14-16-9(11)3/h4-7H,1-3H3,(H,13,15)/t7-/m0/s1. The van der Waals surface area contributed by atoms with E-state index in [0.717, 1.165) is 4.88 Å². The molecule has 0 radical (unpaired) electrons. The molecule has 1 N–H and O–H groups in total. The van der Waals surface area contributed by atoms with E-state index >= 15 is 0 Å². The molecule has 0 saturated heterocycles. The molecule has 0 aliphatic heterocycles. The fourth-order valence-electron chi connectivity index (χ4n) is 1.68. The van der Waals surface area contributed by atoms with Crippen molar-refractivity contribution in [3.05, 3.63) is 39.4 Å². The Morgan fingerprint density at radius 3 is 2.82 bits per heavy atom. The number of thiophene rings is 1. The Hall–Kier alpha value is -1.62. The molecule has 90 valence electrons. The molecule has 1 amide bonds. The van der Waals surface area contributed by atoms with Crippen molar-refractivity contribution in [2.75, 3.05) is 0 Å². The molecule has 0 bridgehead atoms. The summed E-state index contributed by atoms with van der Waals surface area (Å²) in [6.45, 7) is 5.47. The maximum absolute atomic E-state index is 12.0. The summed E-state index contributed by atoms with van der Waals surface area (Å²) in [5, 5.41) is 8.71. The van der Waals surface area contributed by atoms with Crippen LogP contribution < -0.4 is 5.32 Å². The Balaban J connectivity index is 2.12. The first-order chi connectivity index (χ1) is 8.09. The van der Waals surface area contributed by atoms with E-state index in [9.17, 15) is 4.79 Å². The van der Waals surface area contributed by atoms with E-state index in [2.05, 4.69) is 10.5 Å². The topological polar surface area (TPSA) is 55.1 Å². The number of aryl methyl sites for hydroxylation is 2. The fourth-order valence-corrected chi connectivity index (χ4v) is 2.42.